The first-order chi connectivity index (χ1) is 19.4. The zero-order valence-corrected chi connectivity index (χ0v) is 25.5. The van der Waals surface area contributed by atoms with Crippen LogP contribution in [-0.2, 0) is 11.4 Å². The van der Waals surface area contributed by atoms with E-state index in [4.69, 9.17) is 33.7 Å². The van der Waals surface area contributed by atoms with Crippen molar-refractivity contribution in [3.05, 3.63) is 115 Å². The molecule has 1 atom stereocenters. The van der Waals surface area contributed by atoms with Gasteiger partial charge in [-0.3, -0.25) is 9.69 Å². The molecule has 0 bridgehead atoms. The van der Waals surface area contributed by atoms with Crippen molar-refractivity contribution in [3.8, 4) is 11.8 Å². The number of Topliss-reactive ketones (excluding diaryl/α,β-unsaturated/α-hetero) is 1. The van der Waals surface area contributed by atoms with Crippen molar-refractivity contribution in [1.82, 2.24) is 0 Å². The lowest BCUT2D eigenvalue weighted by Gasteiger charge is -2.44. The molecule has 2 aliphatic rings. The predicted molar refractivity (Wildman–Crippen MR) is 165 cm³/mol. The fourth-order valence-corrected chi connectivity index (χ4v) is 6.30. The normalized spacial score (nSPS) is 18.3. The van der Waals surface area contributed by atoms with Gasteiger partial charge in [0.2, 0.25) is 0 Å². The summed E-state index contributed by atoms with van der Waals surface area (Å²) in [7, 11) is 0. The van der Waals surface area contributed by atoms with Crippen LogP contribution in [0, 0.1) is 37.5 Å². The third-order valence-corrected chi connectivity index (χ3v) is 8.77. The number of nitrogens with zero attached hydrogens (tertiary/aromatic N) is 2. The van der Waals surface area contributed by atoms with Crippen LogP contribution >= 0.6 is 23.2 Å². The monoisotopic (exact) mass is 585 g/mol. The lowest BCUT2D eigenvalue weighted by atomic mass is 9.68. The zero-order chi connectivity index (χ0) is 29.6. The molecule has 1 unspecified atom stereocenters. The highest BCUT2D eigenvalue weighted by atomic mass is 35.5. The quantitative estimate of drug-likeness (QED) is 0.325. The van der Waals surface area contributed by atoms with Gasteiger partial charge in [0.05, 0.1) is 23.2 Å². The Kier molecular flexibility index (Phi) is 7.68. The number of ether oxygens (including phenoxy) is 1. The molecule has 0 fully saturated rings. The van der Waals surface area contributed by atoms with Gasteiger partial charge < -0.3 is 10.5 Å². The second-order valence-electron chi connectivity index (χ2n) is 11.7. The molecule has 5 nitrogen and oxygen atoms in total. The molecule has 41 heavy (non-hydrogen) atoms. The van der Waals surface area contributed by atoms with E-state index in [1.807, 2.05) is 56.0 Å². The number of allylic oxidation sites excluding steroid dienone is 3. The van der Waals surface area contributed by atoms with Crippen LogP contribution in [0.1, 0.15) is 60.4 Å². The smallest absolute Gasteiger partial charge is 0.162 e. The molecule has 1 heterocycles. The molecule has 0 spiro atoms. The molecule has 3 aromatic rings. The van der Waals surface area contributed by atoms with Gasteiger partial charge in [-0.05, 0) is 96.8 Å². The van der Waals surface area contributed by atoms with Gasteiger partial charge in [0.25, 0.3) is 0 Å². The fraction of sp³-hybridized carbons (Fsp3) is 0.294. The summed E-state index contributed by atoms with van der Waals surface area (Å²) in [4.78, 5) is 15.9. The molecule has 2 N–H and O–H groups in total. The Morgan fingerprint density at radius 1 is 1.05 bits per heavy atom. The Balaban J connectivity index is 1.68. The standard InChI is InChI=1S/C34H33Cl2N3O2/c1-19-13-20(2)25(14-22(19)18-41-24-11-9-23(35)10-12-24)31-26(17-37)33(38)39(28-8-6-7-27(36)21(28)3)29-15-34(4,5)16-30(40)32(29)31/h6-14,31H,15-16,18,38H2,1-5H3. The van der Waals surface area contributed by atoms with Crippen LogP contribution in [0.15, 0.2) is 77.3 Å². The van der Waals surface area contributed by atoms with E-state index >= 15 is 0 Å². The Labute approximate surface area is 251 Å². The van der Waals surface area contributed by atoms with Crippen LogP contribution in [-0.4, -0.2) is 5.78 Å². The van der Waals surface area contributed by atoms with E-state index in [1.54, 1.807) is 12.1 Å². The number of ketones is 1. The number of halogens is 2. The van der Waals surface area contributed by atoms with Crippen molar-refractivity contribution in [3.63, 3.8) is 0 Å². The average Bonchev–Trinajstić information content (AvgIpc) is 2.90. The summed E-state index contributed by atoms with van der Waals surface area (Å²) in [5.41, 5.74) is 13.9. The van der Waals surface area contributed by atoms with E-state index in [1.165, 1.54) is 0 Å². The SMILES string of the molecule is Cc1cc(C)c(C2C(C#N)=C(N)N(c3cccc(Cl)c3C)C3=C2C(=O)CC(C)(C)C3)cc1COc1ccc(Cl)cc1. The maximum atomic E-state index is 14.0. The summed E-state index contributed by atoms with van der Waals surface area (Å²) in [5, 5.41) is 11.8. The minimum absolute atomic E-state index is 0.0325. The van der Waals surface area contributed by atoms with Crippen LogP contribution in [0.3, 0.4) is 0 Å². The first kappa shape index (κ1) is 28.8. The molecule has 210 valence electrons. The number of carbonyl (C=O) groups excluding carboxylic acids is 1. The molecule has 3 aromatic carbocycles. The summed E-state index contributed by atoms with van der Waals surface area (Å²) < 4.78 is 6.08. The number of aryl methyl sites for hydroxylation is 2. The van der Waals surface area contributed by atoms with E-state index in [0.29, 0.717) is 52.2 Å². The Morgan fingerprint density at radius 3 is 2.44 bits per heavy atom. The number of rotatable bonds is 5. The largest absolute Gasteiger partial charge is 0.489 e. The number of carbonyl (C=O) groups is 1. The lowest BCUT2D eigenvalue weighted by molar-refractivity contribution is -0.118. The molecule has 0 radical (unpaired) electrons. The summed E-state index contributed by atoms with van der Waals surface area (Å²) >= 11 is 12.6. The highest BCUT2D eigenvalue weighted by Gasteiger charge is 2.45. The highest BCUT2D eigenvalue weighted by Crippen LogP contribution is 2.51. The average molecular weight is 587 g/mol. The Bertz CT molecular complexity index is 1660. The van der Waals surface area contributed by atoms with Crippen LogP contribution < -0.4 is 15.4 Å². The van der Waals surface area contributed by atoms with Crippen molar-refractivity contribution in [2.45, 2.75) is 60.0 Å². The van der Waals surface area contributed by atoms with Crippen LogP contribution in [0.5, 0.6) is 5.75 Å². The van der Waals surface area contributed by atoms with Gasteiger partial charge >= 0.3 is 0 Å². The van der Waals surface area contributed by atoms with Crippen molar-refractivity contribution in [1.29, 1.82) is 5.26 Å². The Hall–Kier alpha value is -3.72. The van der Waals surface area contributed by atoms with Gasteiger partial charge in [-0.2, -0.15) is 5.26 Å². The second kappa shape index (κ2) is 10.9. The zero-order valence-electron chi connectivity index (χ0n) is 23.9. The molecule has 1 aliphatic carbocycles. The van der Waals surface area contributed by atoms with Crippen LogP contribution in [0.25, 0.3) is 0 Å². The molecule has 5 rings (SSSR count). The Morgan fingerprint density at radius 2 is 1.76 bits per heavy atom. The van der Waals surface area contributed by atoms with E-state index < -0.39 is 5.92 Å². The van der Waals surface area contributed by atoms with E-state index in [-0.39, 0.29) is 11.2 Å². The van der Waals surface area contributed by atoms with Gasteiger partial charge in [0.15, 0.2) is 5.78 Å². The number of nitrogens with two attached hydrogens (primary N) is 1. The minimum Gasteiger partial charge on any atom is -0.489 e. The summed E-state index contributed by atoms with van der Waals surface area (Å²) in [6.07, 6.45) is 1.02. The van der Waals surface area contributed by atoms with Gasteiger partial charge in [-0.1, -0.05) is 55.2 Å². The minimum atomic E-state index is -0.579. The van der Waals surface area contributed by atoms with E-state index in [0.717, 1.165) is 39.2 Å². The molecule has 0 aromatic heterocycles. The number of anilines is 1. The number of nitriles is 1. The van der Waals surface area contributed by atoms with Gasteiger partial charge in [-0.25, -0.2) is 0 Å². The first-order valence-corrected chi connectivity index (χ1v) is 14.4. The maximum absolute atomic E-state index is 14.0. The van der Waals surface area contributed by atoms with Gasteiger partial charge in [-0.15, -0.1) is 0 Å². The topological polar surface area (TPSA) is 79.4 Å². The summed E-state index contributed by atoms with van der Waals surface area (Å²) in [6.45, 7) is 10.5. The van der Waals surface area contributed by atoms with Crippen LogP contribution in [0.4, 0.5) is 5.69 Å². The summed E-state index contributed by atoms with van der Waals surface area (Å²) in [6, 6.07) is 19.4. The predicted octanol–water partition coefficient (Wildman–Crippen LogP) is 8.44. The third-order valence-electron chi connectivity index (χ3n) is 8.10. The number of hydrogen-bond acceptors (Lipinski definition) is 5. The number of hydrogen-bond donors (Lipinski definition) is 1. The van der Waals surface area contributed by atoms with Gasteiger partial charge in [0.1, 0.15) is 18.2 Å². The highest BCUT2D eigenvalue weighted by molar-refractivity contribution is 6.31. The van der Waals surface area contributed by atoms with Crippen LogP contribution in [0.2, 0.25) is 10.0 Å². The van der Waals surface area contributed by atoms with Crippen molar-refractivity contribution < 1.29 is 9.53 Å². The molecule has 0 saturated carbocycles. The molecule has 1 aliphatic heterocycles. The van der Waals surface area contributed by atoms with Crippen molar-refractivity contribution in [2.75, 3.05) is 4.90 Å². The second-order valence-corrected chi connectivity index (χ2v) is 12.6. The lowest BCUT2D eigenvalue weighted by Crippen LogP contribution is -2.42. The molecular weight excluding hydrogens is 553 g/mol. The van der Waals surface area contributed by atoms with E-state index in [2.05, 4.69) is 32.0 Å². The van der Waals surface area contributed by atoms with Gasteiger partial charge in [0, 0.05) is 27.7 Å². The molecular formula is C34H33Cl2N3O2. The van der Waals surface area contributed by atoms with Crippen molar-refractivity contribution in [2.24, 2.45) is 11.1 Å². The third kappa shape index (κ3) is 5.35. The molecule has 0 amide bonds. The molecule has 0 saturated heterocycles. The fourth-order valence-electron chi connectivity index (χ4n) is 6.01. The summed E-state index contributed by atoms with van der Waals surface area (Å²) in [5.74, 6) is 0.484. The van der Waals surface area contributed by atoms with E-state index in [9.17, 15) is 10.1 Å². The molecule has 7 heteroatoms. The maximum Gasteiger partial charge on any atom is 0.162 e. The van der Waals surface area contributed by atoms with Crippen molar-refractivity contribution >= 4 is 34.7 Å². The number of benzene rings is 3. The first-order valence-electron chi connectivity index (χ1n) is 13.6.